The topological polar surface area (TPSA) is 91.6 Å². The van der Waals surface area contributed by atoms with Gasteiger partial charge in [0.2, 0.25) is 5.91 Å². The van der Waals surface area contributed by atoms with Crippen LogP contribution < -0.4 is 10.2 Å². The molecular weight excluding hydrogens is 334 g/mol. The third kappa shape index (κ3) is 4.76. The van der Waals surface area contributed by atoms with Crippen LogP contribution in [0, 0.1) is 10.1 Å². The van der Waals surface area contributed by atoms with Gasteiger partial charge >= 0.3 is 0 Å². The number of hydrogen-bond donors (Lipinski definition) is 1. The van der Waals surface area contributed by atoms with Crippen molar-refractivity contribution >= 4 is 17.4 Å². The molecule has 2 heterocycles. The lowest BCUT2D eigenvalue weighted by Crippen LogP contribution is -2.49. The molecule has 1 fully saturated rings. The molecule has 8 nitrogen and oxygen atoms in total. The summed E-state index contributed by atoms with van der Waals surface area (Å²) in [5.41, 5.74) is 1.07. The molecule has 0 saturated carbocycles. The first-order valence-corrected chi connectivity index (χ1v) is 8.50. The maximum atomic E-state index is 12.1. The van der Waals surface area contributed by atoms with E-state index in [4.69, 9.17) is 0 Å². The van der Waals surface area contributed by atoms with Crippen LogP contribution in [0.15, 0.2) is 48.7 Å². The SMILES string of the molecule is O=C(CN1CCN(c2ccc([N+](=O)[O-])cn2)CC1)NCc1ccccc1. The minimum Gasteiger partial charge on any atom is -0.354 e. The number of piperazine rings is 1. The number of pyridine rings is 1. The molecule has 0 aliphatic carbocycles. The highest BCUT2D eigenvalue weighted by molar-refractivity contribution is 5.78. The van der Waals surface area contributed by atoms with Gasteiger partial charge in [-0.25, -0.2) is 4.98 Å². The zero-order valence-electron chi connectivity index (χ0n) is 14.4. The molecule has 1 aromatic heterocycles. The highest BCUT2D eigenvalue weighted by Crippen LogP contribution is 2.17. The van der Waals surface area contributed by atoms with E-state index in [-0.39, 0.29) is 11.6 Å². The molecule has 0 spiro atoms. The number of carbonyl (C=O) groups excluding carboxylic acids is 1. The number of rotatable bonds is 6. The average molecular weight is 355 g/mol. The average Bonchev–Trinajstić information content (AvgIpc) is 2.68. The molecule has 136 valence electrons. The Labute approximate surface area is 151 Å². The van der Waals surface area contributed by atoms with E-state index >= 15 is 0 Å². The van der Waals surface area contributed by atoms with Gasteiger partial charge < -0.3 is 10.2 Å². The van der Waals surface area contributed by atoms with Crippen molar-refractivity contribution in [1.29, 1.82) is 0 Å². The van der Waals surface area contributed by atoms with Crippen LogP contribution in [0.5, 0.6) is 0 Å². The number of anilines is 1. The monoisotopic (exact) mass is 355 g/mol. The van der Waals surface area contributed by atoms with Gasteiger partial charge in [0, 0.05) is 38.8 Å². The molecule has 0 atom stereocenters. The van der Waals surface area contributed by atoms with Crippen LogP contribution in [0.3, 0.4) is 0 Å². The smallest absolute Gasteiger partial charge is 0.287 e. The van der Waals surface area contributed by atoms with E-state index < -0.39 is 4.92 Å². The maximum Gasteiger partial charge on any atom is 0.287 e. The quantitative estimate of drug-likeness (QED) is 0.623. The standard InChI is InChI=1S/C18H21N5O3/c24-18(20-12-15-4-2-1-3-5-15)14-21-8-10-22(11-9-21)17-7-6-16(13-19-17)23(25)26/h1-7,13H,8-12,14H2,(H,20,24). The Balaban J connectivity index is 1.43. The Morgan fingerprint density at radius 3 is 2.46 bits per heavy atom. The minimum absolute atomic E-state index is 0.00997. The van der Waals surface area contributed by atoms with Crippen LogP contribution in [-0.4, -0.2) is 53.4 Å². The Morgan fingerprint density at radius 2 is 1.85 bits per heavy atom. The van der Waals surface area contributed by atoms with Crippen molar-refractivity contribution in [3.8, 4) is 0 Å². The van der Waals surface area contributed by atoms with E-state index in [0.29, 0.717) is 13.1 Å². The van der Waals surface area contributed by atoms with Gasteiger partial charge in [-0.15, -0.1) is 0 Å². The zero-order chi connectivity index (χ0) is 18.4. The van der Waals surface area contributed by atoms with Crippen molar-refractivity contribution in [3.05, 3.63) is 64.3 Å². The molecule has 1 N–H and O–H groups in total. The molecule has 8 heteroatoms. The summed E-state index contributed by atoms with van der Waals surface area (Å²) in [5, 5.41) is 13.6. The number of nitrogens with zero attached hydrogens (tertiary/aromatic N) is 4. The largest absolute Gasteiger partial charge is 0.354 e. The Morgan fingerprint density at radius 1 is 1.12 bits per heavy atom. The normalized spacial score (nSPS) is 14.8. The molecule has 3 rings (SSSR count). The van der Waals surface area contributed by atoms with Crippen LogP contribution in [0.25, 0.3) is 0 Å². The van der Waals surface area contributed by atoms with E-state index in [0.717, 1.165) is 37.6 Å². The van der Waals surface area contributed by atoms with Gasteiger partial charge in [0.25, 0.3) is 5.69 Å². The van der Waals surface area contributed by atoms with Gasteiger partial charge in [0.1, 0.15) is 12.0 Å². The molecule has 1 aliphatic rings. The summed E-state index contributed by atoms with van der Waals surface area (Å²) in [7, 11) is 0. The van der Waals surface area contributed by atoms with Gasteiger partial charge in [-0.2, -0.15) is 0 Å². The molecular formula is C18H21N5O3. The summed E-state index contributed by atoms with van der Waals surface area (Å²) < 4.78 is 0. The number of benzene rings is 1. The molecule has 1 aliphatic heterocycles. The maximum absolute atomic E-state index is 12.1. The van der Waals surface area contributed by atoms with Crippen molar-refractivity contribution in [2.45, 2.75) is 6.54 Å². The van der Waals surface area contributed by atoms with E-state index in [1.165, 1.54) is 12.3 Å². The highest BCUT2D eigenvalue weighted by Gasteiger charge is 2.20. The Kier molecular flexibility index (Phi) is 5.75. The van der Waals surface area contributed by atoms with E-state index in [2.05, 4.69) is 20.1 Å². The predicted octanol–water partition coefficient (Wildman–Crippen LogP) is 1.43. The van der Waals surface area contributed by atoms with Crippen molar-refractivity contribution in [2.75, 3.05) is 37.6 Å². The van der Waals surface area contributed by atoms with Gasteiger partial charge in [0.15, 0.2) is 0 Å². The summed E-state index contributed by atoms with van der Waals surface area (Å²) in [4.78, 5) is 30.7. The Hall–Kier alpha value is -3.00. The van der Waals surface area contributed by atoms with E-state index in [1.54, 1.807) is 6.07 Å². The third-order valence-electron chi connectivity index (χ3n) is 4.34. The van der Waals surface area contributed by atoms with Crippen LogP contribution >= 0.6 is 0 Å². The summed E-state index contributed by atoms with van der Waals surface area (Å²) in [6.45, 7) is 3.86. The zero-order valence-corrected chi connectivity index (χ0v) is 14.4. The van der Waals surface area contributed by atoms with Crippen LogP contribution in [0.4, 0.5) is 11.5 Å². The molecule has 0 radical (unpaired) electrons. The van der Waals surface area contributed by atoms with Crippen molar-refractivity contribution < 1.29 is 9.72 Å². The molecule has 0 unspecified atom stereocenters. The van der Waals surface area contributed by atoms with E-state index in [1.807, 2.05) is 30.3 Å². The molecule has 0 bridgehead atoms. The van der Waals surface area contributed by atoms with Gasteiger partial charge in [-0.3, -0.25) is 19.8 Å². The lowest BCUT2D eigenvalue weighted by Gasteiger charge is -2.34. The predicted molar refractivity (Wildman–Crippen MR) is 97.8 cm³/mol. The third-order valence-corrected chi connectivity index (χ3v) is 4.34. The minimum atomic E-state index is -0.456. The highest BCUT2D eigenvalue weighted by atomic mass is 16.6. The van der Waals surface area contributed by atoms with Gasteiger partial charge in [0.05, 0.1) is 11.5 Å². The number of amides is 1. The lowest BCUT2D eigenvalue weighted by molar-refractivity contribution is -0.385. The van der Waals surface area contributed by atoms with Crippen molar-refractivity contribution in [1.82, 2.24) is 15.2 Å². The van der Waals surface area contributed by atoms with Crippen LogP contribution in [-0.2, 0) is 11.3 Å². The second-order valence-electron chi connectivity index (χ2n) is 6.16. The van der Waals surface area contributed by atoms with E-state index in [9.17, 15) is 14.9 Å². The summed E-state index contributed by atoms with van der Waals surface area (Å²) >= 11 is 0. The molecule has 1 saturated heterocycles. The first kappa shape index (κ1) is 17.8. The number of aromatic nitrogens is 1. The number of nitrogens with one attached hydrogen (secondary N) is 1. The first-order chi connectivity index (χ1) is 12.6. The summed E-state index contributed by atoms with van der Waals surface area (Å²) in [5.74, 6) is 0.736. The number of nitro groups is 1. The summed E-state index contributed by atoms with van der Waals surface area (Å²) in [6, 6.07) is 12.9. The fourth-order valence-electron chi connectivity index (χ4n) is 2.86. The molecule has 2 aromatic rings. The van der Waals surface area contributed by atoms with Gasteiger partial charge in [-0.05, 0) is 11.6 Å². The van der Waals surface area contributed by atoms with Crippen molar-refractivity contribution in [2.24, 2.45) is 0 Å². The summed E-state index contributed by atoms with van der Waals surface area (Å²) in [6.07, 6.45) is 1.28. The number of carbonyl (C=O) groups is 1. The second-order valence-corrected chi connectivity index (χ2v) is 6.16. The molecule has 26 heavy (non-hydrogen) atoms. The fraction of sp³-hybridized carbons (Fsp3) is 0.333. The molecule has 1 aromatic carbocycles. The first-order valence-electron chi connectivity index (χ1n) is 8.50. The van der Waals surface area contributed by atoms with Crippen molar-refractivity contribution in [3.63, 3.8) is 0 Å². The van der Waals surface area contributed by atoms with Crippen LogP contribution in [0.2, 0.25) is 0 Å². The van der Waals surface area contributed by atoms with Crippen LogP contribution in [0.1, 0.15) is 5.56 Å². The van der Waals surface area contributed by atoms with Gasteiger partial charge in [-0.1, -0.05) is 30.3 Å². The second kappa shape index (κ2) is 8.39. The lowest BCUT2D eigenvalue weighted by atomic mass is 10.2. The molecule has 1 amide bonds. The Bertz CT molecular complexity index is 743. The number of hydrogen-bond acceptors (Lipinski definition) is 6. The fourth-order valence-corrected chi connectivity index (χ4v) is 2.86.